The Balaban J connectivity index is 2.11. The van der Waals surface area contributed by atoms with E-state index in [1.807, 2.05) is 35.7 Å². The third-order valence-corrected chi connectivity index (χ3v) is 5.25. The lowest BCUT2D eigenvalue weighted by Crippen LogP contribution is -2.13. The zero-order valence-electron chi connectivity index (χ0n) is 13.7. The summed E-state index contributed by atoms with van der Waals surface area (Å²) in [6.45, 7) is 3.80. The highest BCUT2D eigenvalue weighted by molar-refractivity contribution is 8.04. The number of hydrogen-bond donors (Lipinski definition) is 1. The number of nitrogens with one attached hydrogen (secondary N) is 1. The Hall–Kier alpha value is -2.50. The first-order valence-electron chi connectivity index (χ1n) is 7.41. The van der Waals surface area contributed by atoms with E-state index in [0.29, 0.717) is 20.3 Å². The second-order valence-electron chi connectivity index (χ2n) is 4.81. The van der Waals surface area contributed by atoms with Crippen molar-refractivity contribution < 1.29 is 19.1 Å². The number of rotatable bonds is 6. The number of nitriles is 1. The highest BCUT2D eigenvalue weighted by Crippen LogP contribution is 2.40. The smallest absolute Gasteiger partial charge is 0.412 e. The highest BCUT2D eigenvalue weighted by Gasteiger charge is 2.23. The van der Waals surface area contributed by atoms with Gasteiger partial charge in [0, 0.05) is 0 Å². The summed E-state index contributed by atoms with van der Waals surface area (Å²) in [6, 6.07) is 9.27. The molecule has 1 aromatic carbocycles. The maximum absolute atomic E-state index is 12.0. The van der Waals surface area contributed by atoms with E-state index in [9.17, 15) is 9.59 Å². The van der Waals surface area contributed by atoms with Gasteiger partial charge in [-0.15, -0.1) is 11.3 Å². The van der Waals surface area contributed by atoms with Crippen LogP contribution in [0.2, 0.25) is 0 Å². The Kier molecular flexibility index (Phi) is 6.86. The van der Waals surface area contributed by atoms with Gasteiger partial charge in [0.25, 0.3) is 0 Å². The molecule has 0 saturated heterocycles. The molecule has 0 aliphatic carbocycles. The second-order valence-corrected chi connectivity index (χ2v) is 6.63. The molecular weight excluding hydrogens is 360 g/mol. The second kappa shape index (κ2) is 9.11. The molecule has 2 aromatic rings. The first-order valence-corrected chi connectivity index (χ1v) is 9.04. The third kappa shape index (κ3) is 4.98. The fourth-order valence-electron chi connectivity index (χ4n) is 1.99. The van der Waals surface area contributed by atoms with E-state index in [4.69, 9.17) is 14.7 Å². The molecule has 6 nitrogen and oxygen atoms in total. The fraction of sp³-hybridized carbons (Fsp3) is 0.235. The quantitative estimate of drug-likeness (QED) is 0.452. The molecule has 2 rings (SSSR count). The Labute approximate surface area is 153 Å². The Morgan fingerprint density at radius 2 is 2.00 bits per heavy atom. The Morgan fingerprint density at radius 3 is 2.64 bits per heavy atom. The van der Waals surface area contributed by atoms with E-state index < -0.39 is 12.1 Å². The summed E-state index contributed by atoms with van der Waals surface area (Å²) in [5.41, 5.74) is 1.47. The standard InChI is InChI=1S/C17H16N2O4S2/c1-3-22-16(20)14-11(2)13(24-10-18)15(25-14)19-17(21)23-9-12-7-5-4-6-8-12/h4-8H,3,9H2,1-2H3,(H,19,21). The number of anilines is 1. The van der Waals surface area contributed by atoms with Crippen molar-refractivity contribution in [3.05, 3.63) is 46.3 Å². The minimum atomic E-state index is -0.652. The Morgan fingerprint density at radius 1 is 1.28 bits per heavy atom. The van der Waals surface area contributed by atoms with E-state index in [-0.39, 0.29) is 13.2 Å². The number of carbonyl (C=O) groups excluding carboxylic acids is 2. The van der Waals surface area contributed by atoms with Gasteiger partial charge in [-0.2, -0.15) is 5.26 Å². The zero-order valence-corrected chi connectivity index (χ0v) is 15.3. The lowest BCUT2D eigenvalue weighted by Gasteiger charge is -2.06. The van der Waals surface area contributed by atoms with E-state index in [1.165, 1.54) is 0 Å². The van der Waals surface area contributed by atoms with Crippen molar-refractivity contribution in [2.45, 2.75) is 25.3 Å². The maximum Gasteiger partial charge on any atom is 0.412 e. The molecule has 0 aliphatic rings. The summed E-state index contributed by atoms with van der Waals surface area (Å²) in [7, 11) is 0. The third-order valence-electron chi connectivity index (χ3n) is 3.13. The van der Waals surface area contributed by atoms with Gasteiger partial charge in [0.1, 0.15) is 21.9 Å². The van der Waals surface area contributed by atoms with Crippen LogP contribution in [0.5, 0.6) is 0 Å². The summed E-state index contributed by atoms with van der Waals surface area (Å²) in [6.07, 6.45) is -0.652. The van der Waals surface area contributed by atoms with Gasteiger partial charge in [-0.3, -0.25) is 5.32 Å². The molecule has 0 atom stereocenters. The van der Waals surface area contributed by atoms with Crippen molar-refractivity contribution in [3.8, 4) is 5.40 Å². The van der Waals surface area contributed by atoms with Crippen LogP contribution in [-0.4, -0.2) is 18.7 Å². The molecule has 8 heteroatoms. The van der Waals surface area contributed by atoms with Crippen molar-refractivity contribution in [1.29, 1.82) is 5.26 Å². The van der Waals surface area contributed by atoms with Crippen molar-refractivity contribution in [2.75, 3.05) is 11.9 Å². The topological polar surface area (TPSA) is 88.4 Å². The molecule has 0 aliphatic heterocycles. The maximum atomic E-state index is 12.0. The van der Waals surface area contributed by atoms with Crippen molar-refractivity contribution >= 4 is 40.2 Å². The molecule has 1 amide bonds. The van der Waals surface area contributed by atoms with Crippen LogP contribution < -0.4 is 5.32 Å². The molecule has 0 radical (unpaired) electrons. The van der Waals surface area contributed by atoms with Crippen molar-refractivity contribution in [1.82, 2.24) is 0 Å². The molecule has 1 N–H and O–H groups in total. The van der Waals surface area contributed by atoms with Crippen molar-refractivity contribution in [2.24, 2.45) is 0 Å². The summed E-state index contributed by atoms with van der Waals surface area (Å²) in [5, 5.41) is 13.9. The molecule has 1 heterocycles. The molecule has 0 bridgehead atoms. The predicted molar refractivity (Wildman–Crippen MR) is 96.7 cm³/mol. The van der Waals surface area contributed by atoms with E-state index in [0.717, 1.165) is 28.7 Å². The number of amides is 1. The normalized spacial score (nSPS) is 9.96. The fourth-order valence-corrected chi connectivity index (χ4v) is 3.78. The van der Waals surface area contributed by atoms with Crippen LogP contribution in [0.25, 0.3) is 0 Å². The first-order chi connectivity index (χ1) is 12.1. The zero-order chi connectivity index (χ0) is 18.2. The number of ether oxygens (including phenoxy) is 2. The van der Waals surface area contributed by atoms with Crippen LogP contribution in [0.4, 0.5) is 9.80 Å². The summed E-state index contributed by atoms with van der Waals surface area (Å²) >= 11 is 1.94. The number of thiophene rings is 1. The number of nitrogens with zero attached hydrogens (tertiary/aromatic N) is 1. The van der Waals surface area contributed by atoms with Crippen LogP contribution in [0.15, 0.2) is 35.2 Å². The molecule has 0 fully saturated rings. The van der Waals surface area contributed by atoms with Gasteiger partial charge in [0.05, 0.1) is 11.5 Å². The molecule has 0 saturated carbocycles. The number of hydrogen-bond acceptors (Lipinski definition) is 7. The average molecular weight is 376 g/mol. The summed E-state index contributed by atoms with van der Waals surface area (Å²) in [5.74, 6) is -0.476. The molecule has 0 unspecified atom stereocenters. The van der Waals surface area contributed by atoms with E-state index >= 15 is 0 Å². The minimum Gasteiger partial charge on any atom is -0.462 e. The van der Waals surface area contributed by atoms with Gasteiger partial charge in [0.2, 0.25) is 0 Å². The highest BCUT2D eigenvalue weighted by atomic mass is 32.2. The van der Waals surface area contributed by atoms with Crippen LogP contribution >= 0.6 is 23.1 Å². The largest absolute Gasteiger partial charge is 0.462 e. The van der Waals surface area contributed by atoms with Crippen molar-refractivity contribution in [3.63, 3.8) is 0 Å². The Bertz CT molecular complexity index is 797. The number of carbonyl (C=O) groups is 2. The first kappa shape index (κ1) is 18.8. The molecule has 0 spiro atoms. The van der Waals surface area contributed by atoms with Gasteiger partial charge in [-0.05, 0) is 36.7 Å². The number of thiocyanates is 1. The monoisotopic (exact) mass is 376 g/mol. The van der Waals surface area contributed by atoms with Gasteiger partial charge >= 0.3 is 12.1 Å². The van der Waals surface area contributed by atoms with Crippen LogP contribution in [0, 0.1) is 17.6 Å². The SMILES string of the molecule is CCOC(=O)c1sc(NC(=O)OCc2ccccc2)c(SC#N)c1C. The lowest BCUT2D eigenvalue weighted by atomic mass is 10.2. The molecule has 25 heavy (non-hydrogen) atoms. The number of benzene rings is 1. The lowest BCUT2D eigenvalue weighted by molar-refractivity contribution is 0.0531. The molecule has 130 valence electrons. The molecular formula is C17H16N2O4S2. The van der Waals surface area contributed by atoms with Gasteiger partial charge in [-0.25, -0.2) is 9.59 Å². The van der Waals surface area contributed by atoms with E-state index in [2.05, 4.69) is 5.32 Å². The average Bonchev–Trinajstić information content (AvgIpc) is 2.91. The van der Waals surface area contributed by atoms with Crippen LogP contribution in [0.3, 0.4) is 0 Å². The minimum absolute atomic E-state index is 0.127. The van der Waals surface area contributed by atoms with E-state index in [1.54, 1.807) is 13.8 Å². The predicted octanol–water partition coefficient (Wildman–Crippen LogP) is 4.56. The summed E-state index contributed by atoms with van der Waals surface area (Å²) in [4.78, 5) is 24.9. The summed E-state index contributed by atoms with van der Waals surface area (Å²) < 4.78 is 10.2. The molecule has 1 aromatic heterocycles. The van der Waals surface area contributed by atoms with Crippen LogP contribution in [-0.2, 0) is 16.1 Å². The van der Waals surface area contributed by atoms with Gasteiger partial charge < -0.3 is 9.47 Å². The number of thioether (sulfide) groups is 1. The van der Waals surface area contributed by atoms with Crippen LogP contribution in [0.1, 0.15) is 27.7 Å². The van der Waals surface area contributed by atoms with Gasteiger partial charge in [0.15, 0.2) is 0 Å². The van der Waals surface area contributed by atoms with Gasteiger partial charge in [-0.1, -0.05) is 30.3 Å². The number of esters is 1.